The lowest BCUT2D eigenvalue weighted by Crippen LogP contribution is -2.36. The molecule has 0 heterocycles. The highest BCUT2D eigenvalue weighted by Crippen LogP contribution is 2.24. The zero-order valence-corrected chi connectivity index (χ0v) is 12.9. The lowest BCUT2D eigenvalue weighted by molar-refractivity contribution is -0.119. The third kappa shape index (κ3) is 3.85. The van der Waals surface area contributed by atoms with Crippen molar-refractivity contribution in [3.05, 3.63) is 18.2 Å². The summed E-state index contributed by atoms with van der Waals surface area (Å²) < 4.78 is 25.7. The van der Waals surface area contributed by atoms with Crippen LogP contribution in [0.5, 0.6) is 0 Å². The standard InChI is InChI=1S/C13H20N4O3S/c1-15-21(19,20)12-6-5-10(7-11(12)14)17(2)8-13(18)16-9-3-4-9/h5-7,9,15H,3-4,8,14H2,1-2H3,(H,16,18). The Bertz CT molecular complexity index is 641. The van der Waals surface area contributed by atoms with Crippen LogP contribution in [0, 0.1) is 0 Å². The summed E-state index contributed by atoms with van der Waals surface area (Å²) in [5.74, 6) is -0.0505. The fraction of sp³-hybridized carbons (Fsp3) is 0.462. The molecule has 2 rings (SSSR count). The van der Waals surface area contributed by atoms with E-state index in [1.807, 2.05) is 0 Å². The van der Waals surface area contributed by atoms with Crippen molar-refractivity contribution in [2.24, 2.45) is 0 Å². The molecule has 0 atom stereocenters. The van der Waals surface area contributed by atoms with Crippen LogP contribution >= 0.6 is 0 Å². The summed E-state index contributed by atoms with van der Waals surface area (Å²) in [7, 11) is -0.487. The fourth-order valence-electron chi connectivity index (χ4n) is 1.94. The summed E-state index contributed by atoms with van der Waals surface area (Å²) in [6, 6.07) is 4.94. The molecule has 7 nitrogen and oxygen atoms in total. The Kier molecular flexibility index (Phi) is 4.38. The number of anilines is 2. The maximum Gasteiger partial charge on any atom is 0.242 e. The SMILES string of the molecule is CNS(=O)(=O)c1ccc(N(C)CC(=O)NC2CC2)cc1N. The molecule has 4 N–H and O–H groups in total. The van der Waals surface area contributed by atoms with Gasteiger partial charge in [0.25, 0.3) is 0 Å². The first-order chi connectivity index (χ1) is 9.83. The third-order valence-corrected chi connectivity index (χ3v) is 4.80. The minimum absolute atomic E-state index is 0.0320. The lowest BCUT2D eigenvalue weighted by Gasteiger charge is -2.20. The smallest absolute Gasteiger partial charge is 0.242 e. The van der Waals surface area contributed by atoms with E-state index in [1.54, 1.807) is 24.1 Å². The van der Waals surface area contributed by atoms with E-state index in [0.29, 0.717) is 11.7 Å². The van der Waals surface area contributed by atoms with E-state index in [-0.39, 0.29) is 23.0 Å². The van der Waals surface area contributed by atoms with Gasteiger partial charge in [-0.2, -0.15) is 0 Å². The number of hydrogen-bond acceptors (Lipinski definition) is 5. The number of amides is 1. The Labute approximate surface area is 124 Å². The van der Waals surface area contributed by atoms with Gasteiger partial charge in [-0.1, -0.05) is 0 Å². The predicted octanol–water partition coefficient (Wildman–Crippen LogP) is -0.108. The molecule has 0 bridgehead atoms. The van der Waals surface area contributed by atoms with Crippen molar-refractivity contribution in [3.63, 3.8) is 0 Å². The minimum Gasteiger partial charge on any atom is -0.398 e. The zero-order chi connectivity index (χ0) is 15.6. The molecule has 1 aromatic carbocycles. The monoisotopic (exact) mass is 312 g/mol. The Morgan fingerprint density at radius 3 is 2.62 bits per heavy atom. The summed E-state index contributed by atoms with van der Waals surface area (Å²) in [4.78, 5) is 13.5. The molecule has 0 radical (unpaired) electrons. The molecular formula is C13H20N4O3S. The second kappa shape index (κ2) is 5.90. The normalized spacial score (nSPS) is 14.8. The minimum atomic E-state index is -3.57. The molecule has 0 aromatic heterocycles. The van der Waals surface area contributed by atoms with Crippen LogP contribution in [0.4, 0.5) is 11.4 Å². The number of carbonyl (C=O) groups excluding carboxylic acids is 1. The average Bonchev–Trinajstić information content (AvgIpc) is 3.21. The second-order valence-electron chi connectivity index (χ2n) is 5.13. The van der Waals surface area contributed by atoms with Crippen LogP contribution in [-0.2, 0) is 14.8 Å². The second-order valence-corrected chi connectivity index (χ2v) is 6.98. The van der Waals surface area contributed by atoms with Crippen LogP contribution in [0.2, 0.25) is 0 Å². The number of carbonyl (C=O) groups is 1. The molecule has 1 amide bonds. The number of hydrogen-bond donors (Lipinski definition) is 3. The molecule has 0 spiro atoms. The summed E-state index contributed by atoms with van der Waals surface area (Å²) in [6.07, 6.45) is 2.08. The van der Waals surface area contributed by atoms with Crippen molar-refractivity contribution in [2.45, 2.75) is 23.8 Å². The van der Waals surface area contributed by atoms with E-state index in [9.17, 15) is 13.2 Å². The number of benzene rings is 1. The fourth-order valence-corrected chi connectivity index (χ4v) is 2.77. The van der Waals surface area contributed by atoms with Crippen LogP contribution in [0.3, 0.4) is 0 Å². The first-order valence-electron chi connectivity index (χ1n) is 6.67. The van der Waals surface area contributed by atoms with E-state index >= 15 is 0 Å². The van der Waals surface area contributed by atoms with Gasteiger partial charge in [-0.05, 0) is 38.1 Å². The van der Waals surface area contributed by atoms with Crippen molar-refractivity contribution < 1.29 is 13.2 Å². The van der Waals surface area contributed by atoms with Crippen LogP contribution in [0.25, 0.3) is 0 Å². The average molecular weight is 312 g/mol. The molecule has 8 heteroatoms. The molecule has 1 aliphatic carbocycles. The van der Waals surface area contributed by atoms with Crippen LogP contribution in [0.15, 0.2) is 23.1 Å². The van der Waals surface area contributed by atoms with Gasteiger partial charge in [-0.3, -0.25) is 4.79 Å². The number of nitrogens with two attached hydrogens (primary N) is 1. The molecule has 0 saturated heterocycles. The number of likely N-dealkylation sites (N-methyl/N-ethyl adjacent to an activating group) is 1. The molecule has 1 aliphatic rings. The summed E-state index contributed by atoms with van der Waals surface area (Å²) in [5, 5.41) is 2.90. The molecular weight excluding hydrogens is 292 g/mol. The van der Waals surface area contributed by atoms with E-state index in [1.165, 1.54) is 13.1 Å². The molecule has 1 saturated carbocycles. The van der Waals surface area contributed by atoms with Crippen LogP contribution in [-0.4, -0.2) is 41.0 Å². The molecule has 1 aromatic rings. The molecule has 116 valence electrons. The number of rotatable bonds is 6. The number of nitrogen functional groups attached to an aromatic ring is 1. The summed E-state index contributed by atoms with van der Waals surface area (Å²) in [5.41, 5.74) is 6.63. The Morgan fingerprint density at radius 2 is 2.10 bits per heavy atom. The van der Waals surface area contributed by atoms with Gasteiger partial charge < -0.3 is 16.0 Å². The van der Waals surface area contributed by atoms with Gasteiger partial charge in [0.15, 0.2) is 0 Å². The first-order valence-corrected chi connectivity index (χ1v) is 8.15. The number of sulfonamides is 1. The number of nitrogens with one attached hydrogen (secondary N) is 2. The maximum atomic E-state index is 11.7. The number of nitrogens with zero attached hydrogens (tertiary/aromatic N) is 1. The van der Waals surface area contributed by atoms with Crippen LogP contribution in [0.1, 0.15) is 12.8 Å². The van der Waals surface area contributed by atoms with Crippen molar-refractivity contribution in [2.75, 3.05) is 31.3 Å². The van der Waals surface area contributed by atoms with Gasteiger partial charge in [-0.25, -0.2) is 13.1 Å². The highest BCUT2D eigenvalue weighted by Gasteiger charge is 2.23. The van der Waals surface area contributed by atoms with Crippen molar-refractivity contribution in [3.8, 4) is 0 Å². The van der Waals surface area contributed by atoms with Gasteiger partial charge in [0.05, 0.1) is 12.2 Å². The van der Waals surface area contributed by atoms with E-state index in [4.69, 9.17) is 5.73 Å². The summed E-state index contributed by atoms with van der Waals surface area (Å²) in [6.45, 7) is 0.202. The Hall–Kier alpha value is -1.80. The van der Waals surface area contributed by atoms with E-state index < -0.39 is 10.0 Å². The van der Waals surface area contributed by atoms with Gasteiger partial charge in [0.2, 0.25) is 15.9 Å². The van der Waals surface area contributed by atoms with Gasteiger partial charge in [0.1, 0.15) is 4.90 Å². The molecule has 21 heavy (non-hydrogen) atoms. The highest BCUT2D eigenvalue weighted by atomic mass is 32.2. The van der Waals surface area contributed by atoms with E-state index in [0.717, 1.165) is 12.8 Å². The topological polar surface area (TPSA) is 105 Å². The highest BCUT2D eigenvalue weighted by molar-refractivity contribution is 7.89. The van der Waals surface area contributed by atoms with Crippen LogP contribution < -0.4 is 20.7 Å². The Morgan fingerprint density at radius 1 is 1.43 bits per heavy atom. The van der Waals surface area contributed by atoms with Crippen molar-refractivity contribution in [1.29, 1.82) is 0 Å². The predicted molar refractivity (Wildman–Crippen MR) is 81.5 cm³/mol. The van der Waals surface area contributed by atoms with Gasteiger partial charge >= 0.3 is 0 Å². The van der Waals surface area contributed by atoms with Gasteiger partial charge in [0, 0.05) is 18.8 Å². The first kappa shape index (κ1) is 15.6. The maximum absolute atomic E-state index is 11.7. The summed E-state index contributed by atoms with van der Waals surface area (Å²) >= 11 is 0. The molecule has 1 fully saturated rings. The van der Waals surface area contributed by atoms with Gasteiger partial charge in [-0.15, -0.1) is 0 Å². The Balaban J connectivity index is 2.09. The van der Waals surface area contributed by atoms with Crippen molar-refractivity contribution >= 4 is 27.3 Å². The molecule has 0 aliphatic heterocycles. The largest absolute Gasteiger partial charge is 0.398 e. The zero-order valence-electron chi connectivity index (χ0n) is 12.1. The third-order valence-electron chi connectivity index (χ3n) is 3.32. The lowest BCUT2D eigenvalue weighted by atomic mass is 10.2. The van der Waals surface area contributed by atoms with Crippen molar-refractivity contribution in [1.82, 2.24) is 10.0 Å². The quantitative estimate of drug-likeness (QED) is 0.636. The van der Waals surface area contributed by atoms with E-state index in [2.05, 4.69) is 10.0 Å². The molecule has 0 unspecified atom stereocenters.